The van der Waals surface area contributed by atoms with Crippen molar-refractivity contribution in [2.45, 2.75) is 32.8 Å². The fraction of sp³-hybridized carbons (Fsp3) is 0.500. The molecule has 0 radical (unpaired) electrons. The van der Waals surface area contributed by atoms with E-state index in [2.05, 4.69) is 0 Å². The molecule has 2 nitrogen and oxygen atoms in total. The topological polar surface area (TPSA) is 37.3 Å². The van der Waals surface area contributed by atoms with Crippen LogP contribution in [0.3, 0.4) is 0 Å². The Hall–Kier alpha value is -1.15. The summed E-state index contributed by atoms with van der Waals surface area (Å²) >= 11 is 0. The number of ketones is 1. The molecule has 2 unspecified atom stereocenters. The van der Waals surface area contributed by atoms with E-state index in [4.69, 9.17) is 0 Å². The van der Waals surface area contributed by atoms with Crippen LogP contribution in [0.15, 0.2) is 24.3 Å². The van der Waals surface area contributed by atoms with E-state index in [1.165, 1.54) is 0 Å². The summed E-state index contributed by atoms with van der Waals surface area (Å²) in [6.07, 6.45) is 1.16. The van der Waals surface area contributed by atoms with E-state index in [1.807, 2.05) is 38.1 Å². The first-order valence-electron chi connectivity index (χ1n) is 5.91. The Morgan fingerprint density at radius 3 is 2.69 bits per heavy atom. The Labute approximate surface area is 96.3 Å². The predicted molar refractivity (Wildman–Crippen MR) is 63.4 cm³/mol. The summed E-state index contributed by atoms with van der Waals surface area (Å²) in [5, 5.41) is 10.0. The van der Waals surface area contributed by atoms with Crippen LogP contribution < -0.4 is 0 Å². The van der Waals surface area contributed by atoms with Crippen LogP contribution >= 0.6 is 0 Å². The minimum Gasteiger partial charge on any atom is -0.392 e. The minimum absolute atomic E-state index is 0.114. The first kappa shape index (κ1) is 11.3. The molecule has 0 aromatic heterocycles. The van der Waals surface area contributed by atoms with Crippen LogP contribution in [0, 0.1) is 11.8 Å². The molecule has 0 spiro atoms. The molecule has 1 aliphatic carbocycles. The minimum atomic E-state index is -0.513. The molecule has 0 aliphatic heterocycles. The van der Waals surface area contributed by atoms with Crippen molar-refractivity contribution in [3.8, 4) is 0 Å². The fourth-order valence-corrected chi connectivity index (χ4v) is 2.41. The zero-order valence-electron chi connectivity index (χ0n) is 9.81. The van der Waals surface area contributed by atoms with Crippen LogP contribution in [-0.2, 0) is 6.42 Å². The maximum atomic E-state index is 12.2. The number of aryl methyl sites for hydroxylation is 1. The van der Waals surface area contributed by atoms with Crippen LogP contribution in [0.1, 0.15) is 36.2 Å². The molecule has 0 amide bonds. The van der Waals surface area contributed by atoms with Gasteiger partial charge in [0.25, 0.3) is 0 Å². The molecule has 86 valence electrons. The van der Waals surface area contributed by atoms with Crippen molar-refractivity contribution >= 4 is 5.78 Å². The van der Waals surface area contributed by atoms with E-state index in [-0.39, 0.29) is 17.6 Å². The van der Waals surface area contributed by atoms with Crippen molar-refractivity contribution in [2.75, 3.05) is 0 Å². The molecule has 1 aliphatic rings. The number of aliphatic hydroxyl groups excluding tert-OH is 1. The van der Waals surface area contributed by atoms with Gasteiger partial charge in [-0.25, -0.2) is 0 Å². The second-order valence-electron chi connectivity index (χ2n) is 4.90. The molecule has 2 atom stereocenters. The van der Waals surface area contributed by atoms with Gasteiger partial charge in [-0.15, -0.1) is 0 Å². The van der Waals surface area contributed by atoms with E-state index in [1.54, 1.807) is 0 Å². The Morgan fingerprint density at radius 2 is 2.00 bits per heavy atom. The first-order chi connectivity index (χ1) is 7.61. The lowest BCUT2D eigenvalue weighted by Crippen LogP contribution is -2.35. The summed E-state index contributed by atoms with van der Waals surface area (Å²) in [6.45, 7) is 3.91. The van der Waals surface area contributed by atoms with Crippen LogP contribution in [0.2, 0.25) is 0 Å². The fourth-order valence-electron chi connectivity index (χ4n) is 2.41. The number of aliphatic hydroxyl groups is 1. The molecule has 16 heavy (non-hydrogen) atoms. The van der Waals surface area contributed by atoms with E-state index < -0.39 is 6.10 Å². The zero-order valence-corrected chi connectivity index (χ0v) is 9.81. The molecule has 0 saturated heterocycles. The molecular formula is C14H18O2. The number of carbonyl (C=O) groups excluding carboxylic acids is 1. The molecule has 0 bridgehead atoms. The highest BCUT2D eigenvalue weighted by Crippen LogP contribution is 2.29. The van der Waals surface area contributed by atoms with Crippen molar-refractivity contribution < 1.29 is 9.90 Å². The van der Waals surface area contributed by atoms with Gasteiger partial charge in [0.05, 0.1) is 6.10 Å². The number of rotatable bonds is 2. The number of carbonyl (C=O) groups is 1. The highest BCUT2D eigenvalue weighted by Gasteiger charge is 2.33. The summed E-state index contributed by atoms with van der Waals surface area (Å²) in [7, 11) is 0. The maximum Gasteiger partial charge on any atom is 0.168 e. The third-order valence-corrected chi connectivity index (χ3v) is 3.44. The molecule has 0 fully saturated rings. The Kier molecular flexibility index (Phi) is 3.10. The molecule has 2 heteroatoms. The van der Waals surface area contributed by atoms with Crippen LogP contribution in [0.4, 0.5) is 0 Å². The van der Waals surface area contributed by atoms with Gasteiger partial charge < -0.3 is 5.11 Å². The smallest absolute Gasteiger partial charge is 0.168 e. The second-order valence-corrected chi connectivity index (χ2v) is 4.90. The van der Waals surface area contributed by atoms with Gasteiger partial charge in [-0.3, -0.25) is 4.79 Å². The number of Topliss-reactive ketones (excluding diaryl/α,β-unsaturated/α-hetero) is 1. The normalized spacial score (nSPS) is 22.0. The van der Waals surface area contributed by atoms with Gasteiger partial charge in [0.2, 0.25) is 0 Å². The van der Waals surface area contributed by atoms with E-state index in [0.29, 0.717) is 0 Å². The van der Waals surface area contributed by atoms with Gasteiger partial charge in [0.15, 0.2) is 5.78 Å². The van der Waals surface area contributed by atoms with Crippen LogP contribution in [0.25, 0.3) is 0 Å². The van der Waals surface area contributed by atoms with Crippen molar-refractivity contribution in [2.24, 2.45) is 11.8 Å². The zero-order chi connectivity index (χ0) is 11.7. The third kappa shape index (κ3) is 1.90. The molecule has 1 aromatic carbocycles. The highest BCUT2D eigenvalue weighted by molar-refractivity contribution is 6.00. The maximum absolute atomic E-state index is 12.2. The number of hydrogen-bond donors (Lipinski definition) is 1. The SMILES string of the molecule is CC(C)C(O)C1CCc2ccccc2C1=O. The lowest BCUT2D eigenvalue weighted by Gasteiger charge is -2.29. The average molecular weight is 218 g/mol. The van der Waals surface area contributed by atoms with Gasteiger partial charge in [-0.1, -0.05) is 38.1 Å². The quantitative estimate of drug-likeness (QED) is 0.828. The molecule has 1 aromatic rings. The van der Waals surface area contributed by atoms with Gasteiger partial charge in [0.1, 0.15) is 0 Å². The summed E-state index contributed by atoms with van der Waals surface area (Å²) in [4.78, 5) is 12.2. The van der Waals surface area contributed by atoms with Crippen molar-refractivity contribution in [1.29, 1.82) is 0 Å². The van der Waals surface area contributed by atoms with Gasteiger partial charge >= 0.3 is 0 Å². The number of fused-ring (bicyclic) bond motifs is 1. The third-order valence-electron chi connectivity index (χ3n) is 3.44. The highest BCUT2D eigenvalue weighted by atomic mass is 16.3. The second kappa shape index (κ2) is 4.38. The van der Waals surface area contributed by atoms with E-state index >= 15 is 0 Å². The summed E-state index contributed by atoms with van der Waals surface area (Å²) < 4.78 is 0. The molecular weight excluding hydrogens is 200 g/mol. The van der Waals surface area contributed by atoms with E-state index in [0.717, 1.165) is 24.0 Å². The lowest BCUT2D eigenvalue weighted by atomic mass is 9.77. The largest absolute Gasteiger partial charge is 0.392 e. The Balaban J connectivity index is 2.28. The van der Waals surface area contributed by atoms with Crippen molar-refractivity contribution in [3.05, 3.63) is 35.4 Å². The first-order valence-corrected chi connectivity index (χ1v) is 5.91. The standard InChI is InChI=1S/C14H18O2/c1-9(2)13(15)12-8-7-10-5-3-4-6-11(10)14(12)16/h3-6,9,12-13,15H,7-8H2,1-2H3. The lowest BCUT2D eigenvalue weighted by molar-refractivity contribution is 0.0461. The van der Waals surface area contributed by atoms with Gasteiger partial charge in [-0.2, -0.15) is 0 Å². The van der Waals surface area contributed by atoms with Crippen molar-refractivity contribution in [3.63, 3.8) is 0 Å². The molecule has 1 N–H and O–H groups in total. The van der Waals surface area contributed by atoms with Gasteiger partial charge in [0, 0.05) is 11.5 Å². The molecule has 0 saturated carbocycles. The van der Waals surface area contributed by atoms with E-state index in [9.17, 15) is 9.90 Å². The summed E-state index contributed by atoms with van der Waals surface area (Å²) in [5.41, 5.74) is 1.93. The summed E-state index contributed by atoms with van der Waals surface area (Å²) in [6, 6.07) is 7.73. The van der Waals surface area contributed by atoms with Crippen LogP contribution in [0.5, 0.6) is 0 Å². The summed E-state index contributed by atoms with van der Waals surface area (Å²) in [5.74, 6) is 0.0390. The number of benzene rings is 1. The molecule has 2 rings (SSSR count). The Morgan fingerprint density at radius 1 is 1.31 bits per heavy atom. The number of hydrogen-bond acceptors (Lipinski definition) is 2. The van der Waals surface area contributed by atoms with Crippen LogP contribution in [-0.4, -0.2) is 17.0 Å². The monoisotopic (exact) mass is 218 g/mol. The Bertz CT molecular complexity index is 395. The van der Waals surface area contributed by atoms with Crippen molar-refractivity contribution in [1.82, 2.24) is 0 Å². The molecule has 0 heterocycles. The van der Waals surface area contributed by atoms with Gasteiger partial charge in [-0.05, 0) is 24.3 Å². The average Bonchev–Trinajstić information content (AvgIpc) is 2.29. The predicted octanol–water partition coefficient (Wildman–Crippen LogP) is 2.45.